The minimum atomic E-state index is -1.44. The smallest absolute Gasteiger partial charge is 0.330 e. The Morgan fingerprint density at radius 1 is 1.32 bits per heavy atom. The van der Waals surface area contributed by atoms with Crippen LogP contribution in [-0.2, 0) is 14.3 Å². The number of carbonyl (C=O) groups excluding carboxylic acids is 2. The number of ether oxygens (including phenoxy) is 2. The zero-order chi connectivity index (χ0) is 21.2. The Balaban J connectivity index is 2.31. The highest BCUT2D eigenvalue weighted by atomic mass is 31.2. The molecule has 1 aliphatic rings. The van der Waals surface area contributed by atoms with Crippen molar-refractivity contribution in [3.05, 3.63) is 32.6 Å². The molecule has 0 amide bonds. The number of carbonyl (C=O) groups is 2. The lowest BCUT2D eigenvalue weighted by Gasteiger charge is -2.19. The number of hydrogen-bond donors (Lipinski definition) is 3. The number of methoxy groups -OCH3 is 1. The predicted octanol–water partition coefficient (Wildman–Crippen LogP) is -0.999. The summed E-state index contributed by atoms with van der Waals surface area (Å²) in [6.07, 6.45) is 0.758. The first-order chi connectivity index (χ1) is 12.9. The van der Waals surface area contributed by atoms with Gasteiger partial charge in [-0.1, -0.05) is 0 Å². The van der Waals surface area contributed by atoms with E-state index in [4.69, 9.17) is 4.74 Å². The molecule has 1 saturated heterocycles. The second-order valence-corrected chi connectivity index (χ2v) is 11.7. The number of esters is 1. The zero-order valence-corrected chi connectivity index (χ0v) is 16.8. The summed E-state index contributed by atoms with van der Waals surface area (Å²) >= 11 is 0. The first-order valence-corrected chi connectivity index (χ1v) is 11.6. The molecule has 1 aromatic rings. The second-order valence-electron chi connectivity index (χ2n) is 7.38. The van der Waals surface area contributed by atoms with E-state index in [9.17, 15) is 29.4 Å². The quantitative estimate of drug-likeness (QED) is 0.222. The van der Waals surface area contributed by atoms with Gasteiger partial charge in [0.05, 0.1) is 18.8 Å². The number of aliphatic hydroxyl groups is 2. The molecule has 0 aliphatic carbocycles. The van der Waals surface area contributed by atoms with Crippen LogP contribution in [0.2, 0.25) is 0 Å². The second kappa shape index (κ2) is 8.57. The number of nitrogens with one attached hydrogen (secondary N) is 1. The lowest BCUT2D eigenvalue weighted by Crippen LogP contribution is -2.39. The van der Waals surface area contributed by atoms with E-state index in [0.29, 0.717) is 12.6 Å². The lowest BCUT2D eigenvalue weighted by molar-refractivity contribution is -0.139. The van der Waals surface area contributed by atoms with Gasteiger partial charge in [-0.2, -0.15) is 0 Å². The number of rotatable bonds is 7. The Bertz CT molecular complexity index is 914. The maximum absolute atomic E-state index is 12.2. The van der Waals surface area contributed by atoms with Crippen LogP contribution < -0.4 is 11.2 Å². The molecule has 3 N–H and O–H groups in total. The van der Waals surface area contributed by atoms with Crippen molar-refractivity contribution in [1.82, 2.24) is 9.55 Å². The highest BCUT2D eigenvalue weighted by Crippen LogP contribution is 2.39. The van der Waals surface area contributed by atoms with Crippen molar-refractivity contribution >= 4 is 24.9 Å². The maximum atomic E-state index is 12.2. The van der Waals surface area contributed by atoms with E-state index in [2.05, 4.69) is 11.0 Å². The summed E-state index contributed by atoms with van der Waals surface area (Å²) in [6, 6.07) is 0. The van der Waals surface area contributed by atoms with Gasteiger partial charge in [0.15, 0.2) is 12.0 Å². The van der Waals surface area contributed by atoms with Gasteiger partial charge in [0.25, 0.3) is 5.56 Å². The molecule has 156 valence electrons. The number of aromatic amines is 1. The van der Waals surface area contributed by atoms with Crippen molar-refractivity contribution in [1.29, 1.82) is 0 Å². The topological polar surface area (TPSA) is 148 Å². The van der Waals surface area contributed by atoms with Crippen LogP contribution in [-0.4, -0.2) is 82.7 Å². The third kappa shape index (κ3) is 5.08. The number of Topliss-reactive ketones (excluding diaryl/α,β-unsaturated/α-hetero) is 1. The van der Waals surface area contributed by atoms with Crippen LogP contribution >= 0.6 is 6.89 Å². The number of hydrogen-bond acceptors (Lipinski definition) is 8. The number of nitrogens with zero attached hydrogens (tertiary/aromatic N) is 1. The van der Waals surface area contributed by atoms with Crippen LogP contribution in [0.15, 0.2) is 15.8 Å². The van der Waals surface area contributed by atoms with E-state index in [1.807, 2.05) is 18.3 Å². The largest absolute Gasteiger partial charge is 0.469 e. The molecule has 11 heteroatoms. The first kappa shape index (κ1) is 22.3. The number of H-pyrrole nitrogens is 1. The molecule has 2 heterocycles. The van der Waals surface area contributed by atoms with Crippen LogP contribution in [0, 0.1) is 0 Å². The van der Waals surface area contributed by atoms with E-state index in [1.54, 1.807) is 0 Å². The van der Waals surface area contributed by atoms with Crippen LogP contribution in [0.3, 0.4) is 0 Å². The predicted molar refractivity (Wildman–Crippen MR) is 104 cm³/mol. The van der Waals surface area contributed by atoms with Gasteiger partial charge in [0.2, 0.25) is 0 Å². The van der Waals surface area contributed by atoms with Crippen molar-refractivity contribution in [3.8, 4) is 0 Å². The minimum absolute atomic E-state index is 0.436. The third-order valence-electron chi connectivity index (χ3n) is 4.43. The summed E-state index contributed by atoms with van der Waals surface area (Å²) in [7, 11) is 1.10. The standard InChI is InChI=1S/C17H25N2O8P/c1-26-12(21)7-10(20)9-8-19(17(25)18-15(9)24)16-14(23)13(22)11(27-16)5-6-28(2,3)4/h8,11,13-14,16,22-23H,2,5-7H2,1,3-4H3,(H,18,24,25)/t11-,13-,14-,16?/m1/s1. The molecule has 2 rings (SSSR count). The summed E-state index contributed by atoms with van der Waals surface area (Å²) in [4.78, 5) is 49.5. The van der Waals surface area contributed by atoms with Gasteiger partial charge in [0, 0.05) is 6.20 Å². The third-order valence-corrected chi connectivity index (χ3v) is 5.90. The fraction of sp³-hybridized carbons (Fsp3) is 0.588. The summed E-state index contributed by atoms with van der Waals surface area (Å²) in [6.45, 7) is 2.66. The summed E-state index contributed by atoms with van der Waals surface area (Å²) < 4.78 is 10.9. The molecule has 0 bridgehead atoms. The molecule has 0 radical (unpaired) electrons. The molecule has 0 saturated carbocycles. The van der Waals surface area contributed by atoms with Crippen LogP contribution in [0.1, 0.15) is 29.4 Å². The number of aromatic nitrogens is 2. The SMILES string of the molecule is C=P(C)(C)CC[C@H]1OC(n2cc(C(=O)CC(=O)OC)c(=O)[nH]c2=O)[C@H](O)[C@@H]1O. The molecule has 1 fully saturated rings. The van der Waals surface area contributed by atoms with Gasteiger partial charge >= 0.3 is 11.7 Å². The molecule has 0 aromatic carbocycles. The zero-order valence-electron chi connectivity index (χ0n) is 16.0. The van der Waals surface area contributed by atoms with Gasteiger partial charge in [-0.05, 0) is 25.9 Å². The molecule has 1 aromatic heterocycles. The van der Waals surface area contributed by atoms with Crippen molar-refractivity contribution in [2.24, 2.45) is 0 Å². The summed E-state index contributed by atoms with van der Waals surface area (Å²) in [5.41, 5.74) is -2.34. The van der Waals surface area contributed by atoms with Gasteiger partial charge < -0.3 is 19.7 Å². The number of aliphatic hydroxyl groups excluding tert-OH is 2. The molecule has 28 heavy (non-hydrogen) atoms. The van der Waals surface area contributed by atoms with Crippen LogP contribution in [0.4, 0.5) is 0 Å². The first-order valence-electron chi connectivity index (χ1n) is 8.59. The molecular weight excluding hydrogens is 391 g/mol. The average Bonchev–Trinajstić information content (AvgIpc) is 2.87. The summed E-state index contributed by atoms with van der Waals surface area (Å²) in [5, 5.41) is 20.6. The minimum Gasteiger partial charge on any atom is -0.469 e. The molecular formula is C17H25N2O8P. The Morgan fingerprint density at radius 3 is 2.54 bits per heavy atom. The maximum Gasteiger partial charge on any atom is 0.330 e. The van der Waals surface area contributed by atoms with Gasteiger partial charge in [0.1, 0.15) is 18.6 Å². The highest BCUT2D eigenvalue weighted by molar-refractivity contribution is 7.72. The Morgan fingerprint density at radius 2 is 1.96 bits per heavy atom. The van der Waals surface area contributed by atoms with Gasteiger partial charge in [-0.25, -0.2) is 4.79 Å². The van der Waals surface area contributed by atoms with Crippen LogP contribution in [0.5, 0.6) is 0 Å². The number of ketones is 1. The fourth-order valence-electron chi connectivity index (χ4n) is 2.85. The van der Waals surface area contributed by atoms with E-state index in [-0.39, 0.29) is 0 Å². The molecule has 0 spiro atoms. The van der Waals surface area contributed by atoms with Gasteiger partial charge in [-0.15, -0.1) is 13.2 Å². The fourth-order valence-corrected chi connectivity index (χ4v) is 3.80. The van der Waals surface area contributed by atoms with E-state index in [0.717, 1.165) is 17.9 Å². The normalized spacial score (nSPS) is 24.9. The molecule has 10 nitrogen and oxygen atoms in total. The Labute approximate surface area is 161 Å². The van der Waals surface area contributed by atoms with Crippen molar-refractivity contribution in [2.45, 2.75) is 37.4 Å². The van der Waals surface area contributed by atoms with Crippen molar-refractivity contribution < 1.29 is 29.3 Å². The summed E-state index contributed by atoms with van der Waals surface area (Å²) in [5.74, 6) is -1.69. The van der Waals surface area contributed by atoms with Gasteiger partial charge in [-0.3, -0.25) is 23.9 Å². The van der Waals surface area contributed by atoms with E-state index < -0.39 is 66.4 Å². The molecule has 4 atom stereocenters. The monoisotopic (exact) mass is 416 g/mol. The highest BCUT2D eigenvalue weighted by Gasteiger charge is 2.44. The van der Waals surface area contributed by atoms with Crippen molar-refractivity contribution in [3.63, 3.8) is 0 Å². The average molecular weight is 416 g/mol. The Kier molecular flexibility index (Phi) is 6.82. The molecule has 1 aliphatic heterocycles. The van der Waals surface area contributed by atoms with E-state index in [1.165, 1.54) is 0 Å². The van der Waals surface area contributed by atoms with Crippen LogP contribution in [0.25, 0.3) is 0 Å². The Hall–Kier alpha value is -2.00. The molecule has 1 unspecified atom stereocenters. The van der Waals surface area contributed by atoms with E-state index >= 15 is 0 Å². The van der Waals surface area contributed by atoms with Crippen molar-refractivity contribution in [2.75, 3.05) is 26.6 Å². The lowest BCUT2D eigenvalue weighted by atomic mass is 10.1.